The van der Waals surface area contributed by atoms with E-state index in [2.05, 4.69) is 39.5 Å². The zero-order chi connectivity index (χ0) is 14.2. The van der Waals surface area contributed by atoms with Gasteiger partial charge in [0.1, 0.15) is 0 Å². The maximum Gasteiger partial charge on any atom is 0.0678 e. The lowest BCUT2D eigenvalue weighted by atomic mass is 9.69. The van der Waals surface area contributed by atoms with Gasteiger partial charge in [-0.1, -0.05) is 20.8 Å². The number of hydrogen-bond acceptors (Lipinski definition) is 3. The van der Waals surface area contributed by atoms with Gasteiger partial charge in [0.25, 0.3) is 0 Å². The van der Waals surface area contributed by atoms with Crippen molar-refractivity contribution in [2.45, 2.75) is 78.2 Å². The fraction of sp³-hybridized carbons (Fsp3) is 1.00. The second kappa shape index (κ2) is 5.71. The molecule has 0 aromatic carbocycles. The predicted molar refractivity (Wildman–Crippen MR) is 80.1 cm³/mol. The summed E-state index contributed by atoms with van der Waals surface area (Å²) in [6.07, 6.45) is 4.39. The van der Waals surface area contributed by atoms with Crippen molar-refractivity contribution in [3.8, 4) is 0 Å². The van der Waals surface area contributed by atoms with Gasteiger partial charge in [-0.2, -0.15) is 0 Å². The van der Waals surface area contributed by atoms with E-state index in [-0.39, 0.29) is 0 Å². The summed E-state index contributed by atoms with van der Waals surface area (Å²) in [7, 11) is 0. The summed E-state index contributed by atoms with van der Waals surface area (Å²) < 4.78 is 5.85. The topological polar surface area (TPSA) is 38.5 Å². The second-order valence-corrected chi connectivity index (χ2v) is 7.82. The monoisotopic (exact) mass is 268 g/mol. The first-order valence-corrected chi connectivity index (χ1v) is 7.92. The van der Waals surface area contributed by atoms with Crippen molar-refractivity contribution in [1.82, 2.24) is 4.90 Å². The molecule has 0 amide bonds. The Morgan fingerprint density at radius 1 is 1.05 bits per heavy atom. The van der Waals surface area contributed by atoms with Crippen molar-refractivity contribution in [2.24, 2.45) is 17.1 Å². The van der Waals surface area contributed by atoms with Gasteiger partial charge in [0.15, 0.2) is 0 Å². The summed E-state index contributed by atoms with van der Waals surface area (Å²) >= 11 is 0. The number of morpholine rings is 1. The fourth-order valence-electron chi connectivity index (χ4n) is 3.87. The van der Waals surface area contributed by atoms with Gasteiger partial charge in [0.2, 0.25) is 0 Å². The Bertz CT molecular complexity index is 290. The normalized spacial score (nSPS) is 42.3. The van der Waals surface area contributed by atoms with Crippen LogP contribution in [-0.4, -0.2) is 42.3 Å². The summed E-state index contributed by atoms with van der Waals surface area (Å²) in [5.74, 6) is 0.797. The van der Waals surface area contributed by atoms with Crippen LogP contribution in [0.5, 0.6) is 0 Å². The smallest absolute Gasteiger partial charge is 0.0678 e. The Hall–Kier alpha value is -0.120. The van der Waals surface area contributed by atoms with Gasteiger partial charge in [0.05, 0.1) is 12.2 Å². The van der Waals surface area contributed by atoms with Crippen LogP contribution < -0.4 is 5.73 Å². The van der Waals surface area contributed by atoms with Crippen LogP contribution >= 0.6 is 0 Å². The molecule has 0 radical (unpaired) electrons. The lowest BCUT2D eigenvalue weighted by Crippen LogP contribution is -2.58. The number of nitrogens with two attached hydrogens (primary N) is 1. The van der Waals surface area contributed by atoms with Gasteiger partial charge in [-0.25, -0.2) is 0 Å². The Kier molecular flexibility index (Phi) is 4.59. The lowest BCUT2D eigenvalue weighted by Gasteiger charge is -2.48. The molecule has 19 heavy (non-hydrogen) atoms. The zero-order valence-corrected chi connectivity index (χ0v) is 13.4. The van der Waals surface area contributed by atoms with Gasteiger partial charge in [-0.05, 0) is 44.4 Å². The number of nitrogens with zero attached hydrogens (tertiary/aromatic N) is 1. The first-order valence-electron chi connectivity index (χ1n) is 7.92. The van der Waals surface area contributed by atoms with Crippen molar-refractivity contribution in [3.63, 3.8) is 0 Å². The van der Waals surface area contributed by atoms with Crippen LogP contribution in [0.4, 0.5) is 0 Å². The van der Waals surface area contributed by atoms with Gasteiger partial charge < -0.3 is 10.5 Å². The molecule has 2 aliphatic rings. The third-order valence-electron chi connectivity index (χ3n) is 5.01. The standard InChI is InChI=1S/C16H32N2O/c1-11-9-18(10-12(2)19-11)15-8-13(16(3,4)5)6-7-14(15)17/h11-15H,6-10,17H2,1-5H3/t11-,12+,13?,14?,15?. The molecule has 5 atom stereocenters. The molecular weight excluding hydrogens is 236 g/mol. The molecule has 2 rings (SSSR count). The van der Waals surface area contributed by atoms with E-state index in [0.29, 0.717) is 29.7 Å². The minimum Gasteiger partial charge on any atom is -0.373 e. The molecule has 1 heterocycles. The highest BCUT2D eigenvalue weighted by molar-refractivity contribution is 4.94. The van der Waals surface area contributed by atoms with Crippen LogP contribution in [0.2, 0.25) is 0 Å². The highest BCUT2D eigenvalue weighted by atomic mass is 16.5. The molecule has 112 valence electrons. The van der Waals surface area contributed by atoms with Crippen LogP contribution in [0, 0.1) is 11.3 Å². The van der Waals surface area contributed by atoms with Crippen LogP contribution in [0.15, 0.2) is 0 Å². The first-order chi connectivity index (χ1) is 8.77. The van der Waals surface area contributed by atoms with E-state index in [1.165, 1.54) is 19.3 Å². The van der Waals surface area contributed by atoms with Crippen molar-refractivity contribution in [1.29, 1.82) is 0 Å². The molecule has 1 saturated heterocycles. The molecule has 2 N–H and O–H groups in total. The third kappa shape index (κ3) is 3.71. The maximum atomic E-state index is 6.42. The van der Waals surface area contributed by atoms with Crippen molar-refractivity contribution < 1.29 is 4.74 Å². The van der Waals surface area contributed by atoms with E-state index in [1.54, 1.807) is 0 Å². The first kappa shape index (κ1) is 15.3. The van der Waals surface area contributed by atoms with Crippen LogP contribution in [0.25, 0.3) is 0 Å². The molecular formula is C16H32N2O. The number of hydrogen-bond donors (Lipinski definition) is 1. The van der Waals surface area contributed by atoms with E-state index in [0.717, 1.165) is 19.0 Å². The van der Waals surface area contributed by atoms with Gasteiger partial charge >= 0.3 is 0 Å². The van der Waals surface area contributed by atoms with E-state index >= 15 is 0 Å². The fourth-order valence-corrected chi connectivity index (χ4v) is 3.87. The molecule has 2 fully saturated rings. The molecule has 0 aromatic heterocycles. The third-order valence-corrected chi connectivity index (χ3v) is 5.01. The summed E-state index contributed by atoms with van der Waals surface area (Å²) in [4.78, 5) is 2.60. The lowest BCUT2D eigenvalue weighted by molar-refractivity contribution is -0.0913. The molecule has 0 aromatic rings. The summed E-state index contributed by atoms with van der Waals surface area (Å²) in [6.45, 7) is 13.6. The summed E-state index contributed by atoms with van der Waals surface area (Å²) in [5, 5.41) is 0. The van der Waals surface area contributed by atoms with E-state index in [4.69, 9.17) is 10.5 Å². The SMILES string of the molecule is C[C@@H]1CN(C2CC(C(C)(C)C)CCC2N)C[C@H](C)O1. The summed E-state index contributed by atoms with van der Waals surface area (Å²) in [6, 6.07) is 0.892. The van der Waals surface area contributed by atoms with Crippen molar-refractivity contribution in [3.05, 3.63) is 0 Å². The molecule has 3 nitrogen and oxygen atoms in total. The average molecular weight is 268 g/mol. The quantitative estimate of drug-likeness (QED) is 0.794. The maximum absolute atomic E-state index is 6.42. The molecule has 1 saturated carbocycles. The number of rotatable bonds is 1. The Morgan fingerprint density at radius 2 is 1.63 bits per heavy atom. The largest absolute Gasteiger partial charge is 0.373 e. The van der Waals surface area contributed by atoms with Gasteiger partial charge in [-0.15, -0.1) is 0 Å². The zero-order valence-electron chi connectivity index (χ0n) is 13.4. The van der Waals surface area contributed by atoms with E-state index in [1.807, 2.05) is 0 Å². The molecule has 0 spiro atoms. The van der Waals surface area contributed by atoms with Crippen LogP contribution in [-0.2, 0) is 4.74 Å². The summed E-state index contributed by atoms with van der Waals surface area (Å²) in [5.41, 5.74) is 6.83. The van der Waals surface area contributed by atoms with Crippen LogP contribution in [0.1, 0.15) is 53.9 Å². The Labute approximate surface area is 118 Å². The molecule has 1 aliphatic heterocycles. The van der Waals surface area contributed by atoms with Crippen molar-refractivity contribution >= 4 is 0 Å². The molecule has 1 aliphatic carbocycles. The van der Waals surface area contributed by atoms with Gasteiger partial charge in [-0.3, -0.25) is 4.90 Å². The Morgan fingerprint density at radius 3 is 2.16 bits per heavy atom. The average Bonchev–Trinajstić information content (AvgIpc) is 2.26. The minimum absolute atomic E-state index is 0.339. The minimum atomic E-state index is 0.339. The number of ether oxygens (including phenoxy) is 1. The highest BCUT2D eigenvalue weighted by Gasteiger charge is 2.39. The van der Waals surface area contributed by atoms with E-state index in [9.17, 15) is 0 Å². The molecule has 0 bridgehead atoms. The predicted octanol–water partition coefficient (Wildman–Crippen LogP) is 2.64. The van der Waals surface area contributed by atoms with Gasteiger partial charge in [0, 0.05) is 25.2 Å². The molecule has 3 heteroatoms. The van der Waals surface area contributed by atoms with Crippen LogP contribution in [0.3, 0.4) is 0 Å². The van der Waals surface area contributed by atoms with Crippen molar-refractivity contribution in [2.75, 3.05) is 13.1 Å². The highest BCUT2D eigenvalue weighted by Crippen LogP contribution is 2.39. The second-order valence-electron chi connectivity index (χ2n) is 7.82. The Balaban J connectivity index is 2.04. The van der Waals surface area contributed by atoms with E-state index < -0.39 is 0 Å². The molecule has 3 unspecified atom stereocenters.